The van der Waals surface area contributed by atoms with Crippen LogP contribution < -0.4 is 0 Å². The maximum Gasteiger partial charge on any atom is 0.373 e. The van der Waals surface area contributed by atoms with E-state index in [9.17, 15) is 34.5 Å². The number of rotatable bonds is 37. The number of aliphatic hydroxyl groups excluding tert-OH is 1. The molecule has 0 saturated heterocycles. The highest BCUT2D eigenvalue weighted by Gasteiger charge is 2.71. The Hall–Kier alpha value is -2.32. The standard InChI is InChI=1S/C45H81NO7/c1-7-9-11-13-15-17-19-21-23-25-27-29-31-33-35-37-40(48)44(4,42(50)51)46(6,39(3)47)45(5,43(52)53)41(49)38-36-34-32-30-28-26-24-22-20-18-16-14-12-10-8-2/h21-24,39,47H,7-20,25-38H2,1-6H3,(H-,50,51,52,53)/p+1/b23-21-,24-22?. The molecular weight excluding hydrogens is 666 g/mol. The number of nitrogens with zero attached hydrogens (tertiary/aromatic N) is 1. The van der Waals surface area contributed by atoms with E-state index < -0.39 is 45.3 Å². The molecular formula is C45H82NO7+. The maximum absolute atomic E-state index is 13.8. The number of aliphatic carboxylic acids is 2. The third-order valence-corrected chi connectivity index (χ3v) is 11.9. The minimum Gasteiger partial charge on any atom is -0.476 e. The van der Waals surface area contributed by atoms with E-state index in [1.807, 2.05) is 0 Å². The molecule has 0 aromatic heterocycles. The SMILES string of the molecule is CCCCCCCCC=CCCCCCCCC(=O)C(C)(C(=O)O)[N+](C)(C(C)O)C(C)(C(=O)O)C(=O)CCCCCCC/C=C\CCCCCCCC. The number of carbonyl (C=O) groups is 4. The number of carbonyl (C=O) groups excluding carboxylic acids is 2. The van der Waals surface area contributed by atoms with Crippen LogP contribution in [0.25, 0.3) is 0 Å². The number of hydrogen-bond donors (Lipinski definition) is 3. The second-order valence-corrected chi connectivity index (χ2v) is 16.0. The summed E-state index contributed by atoms with van der Waals surface area (Å²) < 4.78 is -1.15. The first-order valence-corrected chi connectivity index (χ1v) is 21.7. The van der Waals surface area contributed by atoms with Crippen LogP contribution in [0.4, 0.5) is 0 Å². The molecule has 0 bridgehead atoms. The third-order valence-electron chi connectivity index (χ3n) is 11.9. The number of aliphatic hydroxyl groups is 1. The average Bonchev–Trinajstić information content (AvgIpc) is 3.13. The van der Waals surface area contributed by atoms with Crippen LogP contribution in [0.1, 0.15) is 214 Å². The summed E-state index contributed by atoms with van der Waals surface area (Å²) in [5, 5.41) is 32.1. The van der Waals surface area contributed by atoms with Crippen LogP contribution in [-0.2, 0) is 19.2 Å². The predicted octanol–water partition coefficient (Wildman–Crippen LogP) is 11.7. The summed E-state index contributed by atoms with van der Waals surface area (Å²) in [5.41, 5.74) is -4.69. The highest BCUT2D eigenvalue weighted by atomic mass is 16.4. The first kappa shape index (κ1) is 50.7. The highest BCUT2D eigenvalue weighted by molar-refractivity contribution is 6.09. The van der Waals surface area contributed by atoms with Crippen LogP contribution in [0.5, 0.6) is 0 Å². The Morgan fingerprint density at radius 3 is 0.981 bits per heavy atom. The molecule has 4 unspecified atom stereocenters. The van der Waals surface area contributed by atoms with Crippen molar-refractivity contribution in [2.45, 2.75) is 232 Å². The van der Waals surface area contributed by atoms with Crippen molar-refractivity contribution in [2.75, 3.05) is 7.05 Å². The van der Waals surface area contributed by atoms with Gasteiger partial charge in [0.25, 0.3) is 11.1 Å². The van der Waals surface area contributed by atoms with Crippen LogP contribution in [0, 0.1) is 0 Å². The lowest BCUT2D eigenvalue weighted by molar-refractivity contribution is -1.00. The molecule has 4 atom stereocenters. The Bertz CT molecular complexity index is 991. The van der Waals surface area contributed by atoms with Gasteiger partial charge in [-0.15, -0.1) is 0 Å². The number of ketones is 2. The first-order valence-electron chi connectivity index (χ1n) is 21.7. The van der Waals surface area contributed by atoms with Crippen molar-refractivity contribution >= 4 is 23.5 Å². The Balaban J connectivity index is 4.98. The molecule has 0 amide bonds. The zero-order chi connectivity index (χ0) is 40.0. The average molecular weight is 749 g/mol. The smallest absolute Gasteiger partial charge is 0.373 e. The zero-order valence-electron chi connectivity index (χ0n) is 35.1. The summed E-state index contributed by atoms with van der Waals surface area (Å²) in [7, 11) is 1.24. The summed E-state index contributed by atoms with van der Waals surface area (Å²) in [6.07, 6.45) is 35.5. The quantitative estimate of drug-likeness (QED) is 0.0190. The van der Waals surface area contributed by atoms with Crippen molar-refractivity contribution in [1.29, 1.82) is 0 Å². The van der Waals surface area contributed by atoms with E-state index in [-0.39, 0.29) is 12.8 Å². The summed E-state index contributed by atoms with van der Waals surface area (Å²) in [6, 6.07) is 0. The van der Waals surface area contributed by atoms with Gasteiger partial charge in [0.2, 0.25) is 11.6 Å². The summed E-state index contributed by atoms with van der Waals surface area (Å²) >= 11 is 0. The molecule has 8 nitrogen and oxygen atoms in total. The van der Waals surface area contributed by atoms with Gasteiger partial charge in [-0.2, -0.15) is 0 Å². The van der Waals surface area contributed by atoms with Gasteiger partial charge in [0.1, 0.15) is 0 Å². The molecule has 8 heteroatoms. The minimum absolute atomic E-state index is 0.0698. The van der Waals surface area contributed by atoms with E-state index in [1.165, 1.54) is 105 Å². The van der Waals surface area contributed by atoms with Gasteiger partial charge in [-0.1, -0.05) is 141 Å². The van der Waals surface area contributed by atoms with Crippen molar-refractivity contribution in [3.63, 3.8) is 0 Å². The van der Waals surface area contributed by atoms with Gasteiger partial charge >= 0.3 is 11.9 Å². The fourth-order valence-corrected chi connectivity index (χ4v) is 7.55. The number of hydrogen-bond acceptors (Lipinski definition) is 5. The minimum atomic E-state index is -2.35. The van der Waals surface area contributed by atoms with Gasteiger partial charge in [-0.25, -0.2) is 9.59 Å². The molecule has 0 rings (SSSR count). The van der Waals surface area contributed by atoms with Crippen LogP contribution in [0.2, 0.25) is 0 Å². The number of carboxylic acids is 2. The Labute approximate surface area is 324 Å². The number of carboxylic acid groups (broad SMARTS) is 2. The van der Waals surface area contributed by atoms with Gasteiger partial charge in [-0.05, 0) is 64.2 Å². The molecule has 0 fully saturated rings. The number of allylic oxidation sites excluding steroid dienone is 4. The molecule has 3 N–H and O–H groups in total. The van der Waals surface area contributed by atoms with Crippen molar-refractivity contribution in [3.8, 4) is 0 Å². The molecule has 0 aromatic rings. The largest absolute Gasteiger partial charge is 0.476 e. The van der Waals surface area contributed by atoms with E-state index in [1.54, 1.807) is 0 Å². The van der Waals surface area contributed by atoms with Gasteiger partial charge in [0.15, 0.2) is 6.23 Å². The Kier molecular flexibility index (Phi) is 28.7. The van der Waals surface area contributed by atoms with E-state index in [4.69, 9.17) is 0 Å². The van der Waals surface area contributed by atoms with Gasteiger partial charge in [-0.3, -0.25) is 14.1 Å². The van der Waals surface area contributed by atoms with E-state index in [0.29, 0.717) is 12.8 Å². The molecule has 0 aliphatic rings. The molecule has 0 aromatic carbocycles. The summed E-state index contributed by atoms with van der Waals surface area (Å²) in [5.74, 6) is -4.43. The summed E-state index contributed by atoms with van der Waals surface area (Å²) in [4.78, 5) is 53.4. The van der Waals surface area contributed by atoms with Crippen molar-refractivity contribution in [2.24, 2.45) is 0 Å². The van der Waals surface area contributed by atoms with Crippen LogP contribution >= 0.6 is 0 Å². The van der Waals surface area contributed by atoms with Crippen molar-refractivity contribution < 1.29 is 39.0 Å². The lowest BCUT2D eigenvalue weighted by Gasteiger charge is -2.54. The van der Waals surface area contributed by atoms with Gasteiger partial charge < -0.3 is 15.3 Å². The van der Waals surface area contributed by atoms with Crippen molar-refractivity contribution in [1.82, 2.24) is 0 Å². The first-order chi connectivity index (χ1) is 25.3. The van der Waals surface area contributed by atoms with E-state index in [2.05, 4.69) is 38.2 Å². The van der Waals surface area contributed by atoms with E-state index in [0.717, 1.165) is 77.0 Å². The lowest BCUT2D eigenvalue weighted by Crippen LogP contribution is -2.82. The molecule has 0 saturated carbocycles. The number of quaternary nitrogens is 1. The van der Waals surface area contributed by atoms with Gasteiger partial charge in [0, 0.05) is 33.6 Å². The molecule has 308 valence electrons. The third kappa shape index (κ3) is 17.8. The van der Waals surface area contributed by atoms with Gasteiger partial charge in [0.05, 0.1) is 7.05 Å². The highest BCUT2D eigenvalue weighted by Crippen LogP contribution is 2.40. The molecule has 53 heavy (non-hydrogen) atoms. The van der Waals surface area contributed by atoms with Crippen molar-refractivity contribution in [3.05, 3.63) is 24.3 Å². The topological polar surface area (TPSA) is 129 Å². The number of Topliss-reactive ketones (excluding diaryl/α,β-unsaturated/α-hetero) is 2. The fraction of sp³-hybridized carbons (Fsp3) is 0.822. The Morgan fingerprint density at radius 1 is 0.491 bits per heavy atom. The number of likely N-dealkylation sites (N-methyl/N-ethyl adjacent to an activating group) is 1. The summed E-state index contributed by atoms with van der Waals surface area (Å²) in [6.45, 7) is 8.09. The van der Waals surface area contributed by atoms with Crippen LogP contribution in [0.15, 0.2) is 24.3 Å². The van der Waals surface area contributed by atoms with Crippen LogP contribution in [0.3, 0.4) is 0 Å². The zero-order valence-corrected chi connectivity index (χ0v) is 35.1. The normalized spacial score (nSPS) is 16.0. The fourth-order valence-electron chi connectivity index (χ4n) is 7.55. The second kappa shape index (κ2) is 30.0. The molecule has 0 aliphatic carbocycles. The second-order valence-electron chi connectivity index (χ2n) is 16.0. The van der Waals surface area contributed by atoms with Crippen LogP contribution in [-0.4, -0.2) is 67.7 Å². The molecule has 0 radical (unpaired) electrons. The number of unbranched alkanes of at least 4 members (excludes halogenated alkanes) is 22. The molecule has 0 aliphatic heterocycles. The van der Waals surface area contributed by atoms with E-state index >= 15 is 0 Å². The Morgan fingerprint density at radius 2 is 0.736 bits per heavy atom. The molecule has 0 spiro atoms. The monoisotopic (exact) mass is 749 g/mol. The maximum atomic E-state index is 13.8. The predicted molar refractivity (Wildman–Crippen MR) is 219 cm³/mol. The lowest BCUT2D eigenvalue weighted by atomic mass is 9.78. The molecule has 0 heterocycles.